The summed E-state index contributed by atoms with van der Waals surface area (Å²) in [7, 11) is 0. The zero-order valence-corrected chi connectivity index (χ0v) is 29.5. The minimum absolute atomic E-state index is 0.913. The summed E-state index contributed by atoms with van der Waals surface area (Å²) in [6.45, 7) is 0. The summed E-state index contributed by atoms with van der Waals surface area (Å²) in [5, 5.41) is 7.44. The van der Waals surface area contributed by atoms with Gasteiger partial charge in [0.1, 0.15) is 11.2 Å². The summed E-state index contributed by atoms with van der Waals surface area (Å²) in [4.78, 5) is 2.45. The van der Waals surface area contributed by atoms with Crippen LogP contribution in [0.1, 0.15) is 0 Å². The number of thiophene rings is 2. The summed E-state index contributed by atoms with van der Waals surface area (Å²) in [5.41, 5.74) is 10.1. The molecule has 3 aromatic heterocycles. The van der Waals surface area contributed by atoms with Crippen LogP contribution in [0, 0.1) is 0 Å². The summed E-state index contributed by atoms with van der Waals surface area (Å²) < 4.78 is 11.3. The molecule has 0 aliphatic rings. The van der Waals surface area contributed by atoms with E-state index in [1.54, 1.807) is 0 Å². The van der Waals surface area contributed by atoms with Crippen molar-refractivity contribution in [2.45, 2.75) is 0 Å². The smallest absolute Gasteiger partial charge is 0.135 e. The molecular weight excluding hydrogens is 671 g/mol. The molecule has 2 nitrogen and oxygen atoms in total. The van der Waals surface area contributed by atoms with Crippen LogP contribution in [0.4, 0.5) is 17.1 Å². The molecule has 4 heteroatoms. The van der Waals surface area contributed by atoms with Crippen molar-refractivity contribution < 1.29 is 4.42 Å². The van der Waals surface area contributed by atoms with E-state index in [0.29, 0.717) is 0 Å². The first kappa shape index (κ1) is 29.5. The average Bonchev–Trinajstić information content (AvgIpc) is 3.90. The number of fused-ring (bicyclic) bond motifs is 9. The molecule has 0 amide bonds. The molecule has 0 fully saturated rings. The van der Waals surface area contributed by atoms with E-state index < -0.39 is 0 Å². The van der Waals surface area contributed by atoms with Gasteiger partial charge in [-0.05, 0) is 82.9 Å². The Bertz CT molecular complexity index is 3130. The molecule has 0 saturated carbocycles. The highest BCUT2D eigenvalue weighted by Gasteiger charge is 2.20. The lowest BCUT2D eigenvalue weighted by atomic mass is 10.0. The van der Waals surface area contributed by atoms with Crippen LogP contribution in [0.25, 0.3) is 84.5 Å². The van der Waals surface area contributed by atoms with E-state index in [4.69, 9.17) is 4.42 Å². The minimum atomic E-state index is 0.913. The standard InChI is InChI=1S/C48H29NOS2/c1-2-10-31(11-3-1)35-14-8-15-38-39-16-9-17-42(48(39)52-47(35)38)49(34-25-27-46-41(29-34)37-13-5-7-19-45(37)51-46)33-23-20-30(21-24-33)32-22-26-44-40(28-32)36-12-4-6-18-43(36)50-44/h1-29H. The van der Waals surface area contributed by atoms with Crippen LogP contribution in [-0.4, -0.2) is 0 Å². The SMILES string of the molecule is c1ccc(-c2cccc3c2sc2c(N(c4ccc(-c5ccc6oc7ccccc7c6c5)cc4)c4ccc5sc6ccccc6c5c4)cccc23)cc1. The van der Waals surface area contributed by atoms with Crippen LogP contribution in [0.3, 0.4) is 0 Å². The van der Waals surface area contributed by atoms with Crippen LogP contribution in [0.5, 0.6) is 0 Å². The van der Waals surface area contributed by atoms with Gasteiger partial charge < -0.3 is 9.32 Å². The fourth-order valence-electron chi connectivity index (χ4n) is 7.82. The lowest BCUT2D eigenvalue weighted by Gasteiger charge is -2.26. The second kappa shape index (κ2) is 11.7. The Morgan fingerprint density at radius 1 is 0.365 bits per heavy atom. The zero-order valence-electron chi connectivity index (χ0n) is 27.9. The Hall–Kier alpha value is -6.20. The molecule has 0 aliphatic heterocycles. The van der Waals surface area contributed by atoms with E-state index in [-0.39, 0.29) is 0 Å². The summed E-state index contributed by atoms with van der Waals surface area (Å²) in [6.07, 6.45) is 0. The fraction of sp³-hybridized carbons (Fsp3) is 0. The number of para-hydroxylation sites is 1. The molecule has 52 heavy (non-hydrogen) atoms. The minimum Gasteiger partial charge on any atom is -0.456 e. The molecule has 0 saturated heterocycles. The normalized spacial score (nSPS) is 11.8. The molecule has 244 valence electrons. The molecule has 0 radical (unpaired) electrons. The molecular formula is C48H29NOS2. The van der Waals surface area contributed by atoms with Gasteiger partial charge >= 0.3 is 0 Å². The maximum Gasteiger partial charge on any atom is 0.135 e. The van der Waals surface area contributed by atoms with E-state index in [9.17, 15) is 0 Å². The van der Waals surface area contributed by atoms with Gasteiger partial charge in [0.25, 0.3) is 0 Å². The Morgan fingerprint density at radius 2 is 1.04 bits per heavy atom. The molecule has 0 unspecified atom stereocenters. The number of anilines is 3. The van der Waals surface area contributed by atoms with E-state index in [2.05, 4.69) is 169 Å². The first-order valence-electron chi connectivity index (χ1n) is 17.5. The average molecular weight is 700 g/mol. The molecule has 0 atom stereocenters. The third kappa shape index (κ3) is 4.62. The quantitative estimate of drug-likeness (QED) is 0.178. The monoisotopic (exact) mass is 699 g/mol. The van der Waals surface area contributed by atoms with Crippen LogP contribution < -0.4 is 4.90 Å². The molecule has 0 bridgehead atoms. The molecule has 11 aromatic rings. The molecule has 8 aromatic carbocycles. The Kier molecular flexibility index (Phi) is 6.63. The molecule has 11 rings (SSSR count). The predicted octanol–water partition coefficient (Wildman–Crippen LogP) is 15.1. The van der Waals surface area contributed by atoms with Crippen molar-refractivity contribution in [3.05, 3.63) is 176 Å². The number of rotatable bonds is 5. The highest BCUT2D eigenvalue weighted by molar-refractivity contribution is 7.27. The largest absolute Gasteiger partial charge is 0.456 e. The van der Waals surface area contributed by atoms with E-state index in [1.807, 2.05) is 34.8 Å². The van der Waals surface area contributed by atoms with Crippen LogP contribution in [0.2, 0.25) is 0 Å². The predicted molar refractivity (Wildman–Crippen MR) is 225 cm³/mol. The number of hydrogen-bond acceptors (Lipinski definition) is 4. The van der Waals surface area contributed by atoms with E-state index >= 15 is 0 Å². The number of furan rings is 1. The Balaban J connectivity index is 1.10. The molecule has 0 spiro atoms. The van der Waals surface area contributed by atoms with Crippen molar-refractivity contribution in [1.82, 2.24) is 0 Å². The molecule has 0 N–H and O–H groups in total. The number of benzene rings is 8. The Morgan fingerprint density at radius 3 is 1.92 bits per heavy atom. The van der Waals surface area contributed by atoms with Crippen molar-refractivity contribution >= 4 is 102 Å². The lowest BCUT2D eigenvalue weighted by molar-refractivity contribution is 0.669. The summed E-state index contributed by atoms with van der Waals surface area (Å²) in [5.74, 6) is 0. The van der Waals surface area contributed by atoms with E-state index in [0.717, 1.165) is 33.3 Å². The Labute approximate surface area is 308 Å². The first-order chi connectivity index (χ1) is 25.8. The van der Waals surface area contributed by atoms with Gasteiger partial charge in [-0.3, -0.25) is 0 Å². The van der Waals surface area contributed by atoms with Gasteiger partial charge in [-0.2, -0.15) is 0 Å². The van der Waals surface area contributed by atoms with Crippen molar-refractivity contribution in [3.8, 4) is 22.3 Å². The van der Waals surface area contributed by atoms with Gasteiger partial charge in [0.05, 0.1) is 10.4 Å². The van der Waals surface area contributed by atoms with Crippen molar-refractivity contribution in [2.24, 2.45) is 0 Å². The maximum absolute atomic E-state index is 6.13. The van der Waals surface area contributed by atoms with Crippen molar-refractivity contribution in [2.75, 3.05) is 4.90 Å². The van der Waals surface area contributed by atoms with Gasteiger partial charge in [-0.15, -0.1) is 22.7 Å². The second-order valence-electron chi connectivity index (χ2n) is 13.3. The topological polar surface area (TPSA) is 16.4 Å². The first-order valence-corrected chi connectivity index (χ1v) is 19.1. The van der Waals surface area contributed by atoms with Crippen molar-refractivity contribution in [1.29, 1.82) is 0 Å². The van der Waals surface area contributed by atoms with E-state index in [1.165, 1.54) is 68.3 Å². The molecule has 3 heterocycles. The third-order valence-electron chi connectivity index (χ3n) is 10.3. The number of hydrogen-bond donors (Lipinski definition) is 0. The lowest BCUT2D eigenvalue weighted by Crippen LogP contribution is -2.10. The van der Waals surface area contributed by atoms with Gasteiger partial charge in [0.2, 0.25) is 0 Å². The van der Waals surface area contributed by atoms with Crippen molar-refractivity contribution in [3.63, 3.8) is 0 Å². The molecule has 0 aliphatic carbocycles. The van der Waals surface area contributed by atoms with Gasteiger partial charge in [0, 0.05) is 57.8 Å². The van der Waals surface area contributed by atoms with Gasteiger partial charge in [-0.1, -0.05) is 115 Å². The summed E-state index contributed by atoms with van der Waals surface area (Å²) >= 11 is 3.75. The van der Waals surface area contributed by atoms with Gasteiger partial charge in [-0.25, -0.2) is 0 Å². The maximum atomic E-state index is 6.13. The van der Waals surface area contributed by atoms with Crippen LogP contribution in [-0.2, 0) is 0 Å². The highest BCUT2D eigenvalue weighted by Crippen LogP contribution is 2.48. The second-order valence-corrected chi connectivity index (χ2v) is 15.4. The summed E-state index contributed by atoms with van der Waals surface area (Å²) in [6, 6.07) is 63.8. The third-order valence-corrected chi connectivity index (χ3v) is 12.7. The van der Waals surface area contributed by atoms with Gasteiger partial charge in [0.15, 0.2) is 0 Å². The van der Waals surface area contributed by atoms with Crippen LogP contribution >= 0.6 is 22.7 Å². The fourth-order valence-corrected chi connectivity index (χ4v) is 10.2. The highest BCUT2D eigenvalue weighted by atomic mass is 32.1. The number of nitrogens with zero attached hydrogens (tertiary/aromatic N) is 1. The van der Waals surface area contributed by atoms with Crippen LogP contribution in [0.15, 0.2) is 180 Å². The zero-order chi connectivity index (χ0) is 34.2.